The number of rotatable bonds is 5. The molecule has 7 heteroatoms. The molecule has 0 saturated heterocycles. The summed E-state index contributed by atoms with van der Waals surface area (Å²) in [5, 5.41) is 8.97. The van der Waals surface area contributed by atoms with E-state index in [0.29, 0.717) is 18.2 Å². The number of nitrogens with zero attached hydrogens (tertiary/aromatic N) is 1. The Hall–Kier alpha value is -3.32. The minimum Gasteiger partial charge on any atom is -0.396 e. The molecule has 0 radical (unpaired) electrons. The van der Waals surface area contributed by atoms with Gasteiger partial charge in [0.15, 0.2) is 5.78 Å². The summed E-state index contributed by atoms with van der Waals surface area (Å²) in [6, 6.07) is 10.6. The van der Waals surface area contributed by atoms with Crippen molar-refractivity contribution >= 4 is 11.5 Å². The van der Waals surface area contributed by atoms with Gasteiger partial charge < -0.3 is 10.8 Å². The average molecular weight is 370 g/mol. The second kappa shape index (κ2) is 7.51. The van der Waals surface area contributed by atoms with Crippen molar-refractivity contribution in [3.05, 3.63) is 93.4 Å². The van der Waals surface area contributed by atoms with E-state index in [0.717, 1.165) is 17.7 Å². The largest absolute Gasteiger partial charge is 0.396 e. The summed E-state index contributed by atoms with van der Waals surface area (Å²) in [5.41, 5.74) is 6.05. The standard InChI is InChI=1S/C20H16F2N2O3/c21-14-3-6-16(17(22)10-14)19(26)13-9-18(23)20(27)24(11-13)15-4-1-12(2-5-15)7-8-25/h1-6,9-11,25H,7-8,23H2. The molecule has 0 unspecified atom stereocenters. The molecule has 0 aliphatic rings. The van der Waals surface area contributed by atoms with E-state index >= 15 is 0 Å². The topological polar surface area (TPSA) is 85.3 Å². The number of carbonyl (C=O) groups excluding carboxylic acids is 1. The van der Waals surface area contributed by atoms with E-state index in [-0.39, 0.29) is 23.4 Å². The zero-order valence-electron chi connectivity index (χ0n) is 14.2. The molecule has 0 bridgehead atoms. The van der Waals surface area contributed by atoms with Crippen molar-refractivity contribution in [3.63, 3.8) is 0 Å². The molecule has 138 valence electrons. The van der Waals surface area contributed by atoms with Crippen LogP contribution in [-0.2, 0) is 6.42 Å². The van der Waals surface area contributed by atoms with E-state index in [2.05, 4.69) is 0 Å². The van der Waals surface area contributed by atoms with Gasteiger partial charge in [-0.25, -0.2) is 8.78 Å². The summed E-state index contributed by atoms with van der Waals surface area (Å²) >= 11 is 0. The summed E-state index contributed by atoms with van der Waals surface area (Å²) in [5.74, 6) is -2.51. The monoisotopic (exact) mass is 370 g/mol. The Morgan fingerprint density at radius 2 is 1.78 bits per heavy atom. The lowest BCUT2D eigenvalue weighted by Gasteiger charge is -2.11. The summed E-state index contributed by atoms with van der Waals surface area (Å²) in [7, 11) is 0. The molecule has 0 spiro atoms. The van der Waals surface area contributed by atoms with Crippen LogP contribution in [0, 0.1) is 11.6 Å². The summed E-state index contributed by atoms with van der Waals surface area (Å²) < 4.78 is 28.2. The Morgan fingerprint density at radius 1 is 1.07 bits per heavy atom. The van der Waals surface area contributed by atoms with Crippen molar-refractivity contribution in [1.82, 2.24) is 4.57 Å². The van der Waals surface area contributed by atoms with Gasteiger partial charge in [-0.05, 0) is 42.3 Å². The molecule has 3 N–H and O–H groups in total. The Bertz CT molecular complexity index is 1060. The Kier molecular flexibility index (Phi) is 5.14. The number of halogens is 2. The van der Waals surface area contributed by atoms with Crippen LogP contribution in [0.5, 0.6) is 0 Å². The molecule has 27 heavy (non-hydrogen) atoms. The minimum absolute atomic E-state index is 0.000532. The first-order chi connectivity index (χ1) is 12.9. The minimum atomic E-state index is -0.996. The van der Waals surface area contributed by atoms with Gasteiger partial charge in [-0.1, -0.05) is 12.1 Å². The van der Waals surface area contributed by atoms with Crippen molar-refractivity contribution in [2.24, 2.45) is 0 Å². The third-order valence-electron chi connectivity index (χ3n) is 4.10. The molecule has 0 fully saturated rings. The predicted molar refractivity (Wildman–Crippen MR) is 97.0 cm³/mol. The fourth-order valence-electron chi connectivity index (χ4n) is 2.70. The maximum atomic E-state index is 13.9. The Morgan fingerprint density at radius 3 is 2.41 bits per heavy atom. The first-order valence-corrected chi connectivity index (χ1v) is 8.13. The molecule has 0 atom stereocenters. The van der Waals surface area contributed by atoms with Crippen LogP contribution in [0.4, 0.5) is 14.5 Å². The first kappa shape index (κ1) is 18.5. The Labute approximate surface area is 153 Å². The number of anilines is 1. The molecule has 0 aliphatic heterocycles. The second-order valence-corrected chi connectivity index (χ2v) is 5.95. The van der Waals surface area contributed by atoms with Crippen molar-refractivity contribution in [1.29, 1.82) is 0 Å². The number of aromatic nitrogens is 1. The lowest BCUT2D eigenvalue weighted by atomic mass is 10.0. The van der Waals surface area contributed by atoms with Gasteiger partial charge in [-0.15, -0.1) is 0 Å². The normalized spacial score (nSPS) is 10.8. The number of aliphatic hydroxyl groups excluding tert-OH is 1. The van der Waals surface area contributed by atoms with E-state index in [9.17, 15) is 18.4 Å². The molecule has 0 saturated carbocycles. The fraction of sp³-hybridized carbons (Fsp3) is 0.100. The van der Waals surface area contributed by atoms with Crippen LogP contribution in [0.25, 0.3) is 5.69 Å². The molecule has 3 rings (SSSR count). The van der Waals surface area contributed by atoms with Crippen molar-refractivity contribution in [2.75, 3.05) is 12.3 Å². The smallest absolute Gasteiger partial charge is 0.278 e. The second-order valence-electron chi connectivity index (χ2n) is 5.95. The van der Waals surface area contributed by atoms with Gasteiger partial charge in [0.1, 0.15) is 11.6 Å². The lowest BCUT2D eigenvalue weighted by molar-refractivity contribution is 0.103. The molecule has 1 heterocycles. The molecule has 5 nitrogen and oxygen atoms in total. The molecular weight excluding hydrogens is 354 g/mol. The van der Waals surface area contributed by atoms with Gasteiger partial charge in [-0.3, -0.25) is 14.2 Å². The molecule has 0 aliphatic carbocycles. The number of pyridine rings is 1. The number of carbonyl (C=O) groups is 1. The van der Waals surface area contributed by atoms with Crippen LogP contribution in [0.3, 0.4) is 0 Å². The number of hydrogen-bond donors (Lipinski definition) is 2. The van der Waals surface area contributed by atoms with E-state index in [1.54, 1.807) is 24.3 Å². The van der Waals surface area contributed by atoms with Gasteiger partial charge in [0, 0.05) is 30.1 Å². The van der Waals surface area contributed by atoms with Crippen LogP contribution in [0.1, 0.15) is 21.5 Å². The van der Waals surface area contributed by atoms with Crippen LogP contribution < -0.4 is 11.3 Å². The highest BCUT2D eigenvalue weighted by atomic mass is 19.1. The number of ketones is 1. The maximum absolute atomic E-state index is 13.9. The van der Waals surface area contributed by atoms with Gasteiger partial charge in [0.2, 0.25) is 0 Å². The molecular formula is C20H16F2N2O3. The summed E-state index contributed by atoms with van der Waals surface area (Å²) in [4.78, 5) is 25.0. The molecule has 0 amide bonds. The van der Waals surface area contributed by atoms with E-state index in [1.165, 1.54) is 16.8 Å². The lowest BCUT2D eigenvalue weighted by Crippen LogP contribution is -2.23. The fourth-order valence-corrected chi connectivity index (χ4v) is 2.70. The number of hydrogen-bond acceptors (Lipinski definition) is 4. The predicted octanol–water partition coefficient (Wildman–Crippen LogP) is 2.46. The zero-order chi connectivity index (χ0) is 19.6. The van der Waals surface area contributed by atoms with E-state index in [4.69, 9.17) is 10.8 Å². The van der Waals surface area contributed by atoms with E-state index < -0.39 is 23.0 Å². The highest BCUT2D eigenvalue weighted by Gasteiger charge is 2.17. The average Bonchev–Trinajstić information content (AvgIpc) is 2.64. The van der Waals surface area contributed by atoms with Crippen LogP contribution in [0.2, 0.25) is 0 Å². The number of benzene rings is 2. The van der Waals surface area contributed by atoms with Gasteiger partial charge in [0.25, 0.3) is 5.56 Å². The SMILES string of the molecule is Nc1cc(C(=O)c2ccc(F)cc2F)cn(-c2ccc(CCO)cc2)c1=O. The van der Waals surface area contributed by atoms with Crippen LogP contribution in [0.15, 0.2) is 59.5 Å². The van der Waals surface area contributed by atoms with Gasteiger partial charge >= 0.3 is 0 Å². The first-order valence-electron chi connectivity index (χ1n) is 8.13. The van der Waals surface area contributed by atoms with Crippen molar-refractivity contribution < 1.29 is 18.7 Å². The summed E-state index contributed by atoms with van der Waals surface area (Å²) in [6.45, 7) is -0.000532. The number of nitrogen functional groups attached to an aromatic ring is 1. The highest BCUT2D eigenvalue weighted by Crippen LogP contribution is 2.17. The van der Waals surface area contributed by atoms with Crippen molar-refractivity contribution in [2.45, 2.75) is 6.42 Å². The summed E-state index contributed by atoms with van der Waals surface area (Å²) in [6.07, 6.45) is 1.74. The quantitative estimate of drug-likeness (QED) is 0.676. The van der Waals surface area contributed by atoms with Crippen LogP contribution in [-0.4, -0.2) is 22.1 Å². The molecule has 3 aromatic rings. The molecule has 1 aromatic heterocycles. The molecule has 2 aromatic carbocycles. The number of nitrogens with two attached hydrogens (primary N) is 1. The third-order valence-corrected chi connectivity index (χ3v) is 4.10. The van der Waals surface area contributed by atoms with Crippen LogP contribution >= 0.6 is 0 Å². The number of aliphatic hydroxyl groups is 1. The third kappa shape index (κ3) is 3.78. The van der Waals surface area contributed by atoms with Gasteiger partial charge in [-0.2, -0.15) is 0 Å². The zero-order valence-corrected chi connectivity index (χ0v) is 14.2. The van der Waals surface area contributed by atoms with Crippen molar-refractivity contribution in [3.8, 4) is 5.69 Å². The van der Waals surface area contributed by atoms with E-state index in [1.807, 2.05) is 0 Å². The Balaban J connectivity index is 2.06. The van der Waals surface area contributed by atoms with Gasteiger partial charge in [0.05, 0.1) is 11.3 Å². The maximum Gasteiger partial charge on any atom is 0.278 e. The highest BCUT2D eigenvalue weighted by molar-refractivity contribution is 6.09.